The Morgan fingerprint density at radius 2 is 1.97 bits per heavy atom. The maximum absolute atomic E-state index is 13.0. The molecule has 0 spiro atoms. The van der Waals surface area contributed by atoms with Crippen LogP contribution in [0.1, 0.15) is 27.0 Å². The van der Waals surface area contributed by atoms with Crippen molar-refractivity contribution in [2.24, 2.45) is 5.73 Å². The van der Waals surface area contributed by atoms with E-state index >= 15 is 0 Å². The normalized spacial score (nSPS) is 16.1. The molecule has 4 amide bonds. The van der Waals surface area contributed by atoms with E-state index in [1.807, 2.05) is 24.4 Å². The van der Waals surface area contributed by atoms with Crippen LogP contribution in [0.2, 0.25) is 0 Å². The molecule has 0 aliphatic carbocycles. The zero-order valence-electron chi connectivity index (χ0n) is 17.3. The summed E-state index contributed by atoms with van der Waals surface area (Å²) in [5.41, 5.74) is 9.86. The zero-order valence-corrected chi connectivity index (χ0v) is 17.3. The van der Waals surface area contributed by atoms with Gasteiger partial charge >= 0.3 is 6.03 Å². The predicted octanol–water partition coefficient (Wildman–Crippen LogP) is 1.69. The molecule has 1 atom stereocenters. The summed E-state index contributed by atoms with van der Waals surface area (Å²) < 4.78 is 0. The highest BCUT2D eigenvalue weighted by atomic mass is 16.2. The largest absolute Gasteiger partial charge is 0.361 e. The number of carbonyl (C=O) groups excluding carboxylic acids is 3. The number of benzene rings is 2. The van der Waals surface area contributed by atoms with Gasteiger partial charge in [-0.2, -0.15) is 0 Å². The van der Waals surface area contributed by atoms with Gasteiger partial charge in [0.2, 0.25) is 0 Å². The minimum absolute atomic E-state index is 0.0439. The van der Waals surface area contributed by atoms with Gasteiger partial charge in [0.15, 0.2) is 0 Å². The van der Waals surface area contributed by atoms with Gasteiger partial charge in [-0.15, -0.1) is 0 Å². The summed E-state index contributed by atoms with van der Waals surface area (Å²) in [6, 6.07) is 11.8. The quantitative estimate of drug-likeness (QED) is 0.436. The monoisotopic (exact) mass is 419 g/mol. The van der Waals surface area contributed by atoms with Crippen LogP contribution in [0.15, 0.2) is 48.7 Å². The fourth-order valence-electron chi connectivity index (χ4n) is 4.00. The van der Waals surface area contributed by atoms with Gasteiger partial charge in [-0.1, -0.05) is 24.3 Å². The number of nitrogens with zero attached hydrogens (tertiary/aromatic N) is 1. The smallest absolute Gasteiger partial charge is 0.325 e. The van der Waals surface area contributed by atoms with Crippen molar-refractivity contribution in [1.29, 1.82) is 0 Å². The van der Waals surface area contributed by atoms with E-state index < -0.39 is 12.1 Å². The standard InChI is InChI=1S/C23H25N5O3/c1-25-21(29)17-5-3-2-4-16(17)13-28-22(30)20(27-23(28)31)11-14-6-7-19-18(10-14)15(8-9-24)12-26-19/h2-7,10,12,20,26H,8-9,11,13,24H2,1H3,(H,25,29)(H,27,31). The summed E-state index contributed by atoms with van der Waals surface area (Å²) in [4.78, 5) is 42.0. The van der Waals surface area contributed by atoms with Crippen molar-refractivity contribution in [2.45, 2.75) is 25.4 Å². The molecule has 4 rings (SSSR count). The topological polar surface area (TPSA) is 120 Å². The van der Waals surface area contributed by atoms with Gasteiger partial charge in [-0.05, 0) is 47.9 Å². The molecule has 3 aromatic rings. The van der Waals surface area contributed by atoms with Crippen LogP contribution in [0, 0.1) is 0 Å². The molecule has 0 bridgehead atoms. The number of carbonyl (C=O) groups is 3. The maximum Gasteiger partial charge on any atom is 0.325 e. The van der Waals surface area contributed by atoms with Crippen molar-refractivity contribution >= 4 is 28.7 Å². The van der Waals surface area contributed by atoms with E-state index in [1.165, 1.54) is 4.90 Å². The number of rotatable bonds is 7. The summed E-state index contributed by atoms with van der Waals surface area (Å²) in [6.07, 6.45) is 3.11. The van der Waals surface area contributed by atoms with Gasteiger partial charge in [0, 0.05) is 36.1 Å². The third-order valence-corrected chi connectivity index (χ3v) is 5.61. The van der Waals surface area contributed by atoms with E-state index in [-0.39, 0.29) is 18.4 Å². The highest BCUT2D eigenvalue weighted by Gasteiger charge is 2.38. The van der Waals surface area contributed by atoms with Gasteiger partial charge in [0.25, 0.3) is 11.8 Å². The molecule has 1 fully saturated rings. The van der Waals surface area contributed by atoms with Crippen LogP contribution in [-0.2, 0) is 24.2 Å². The molecule has 160 valence electrons. The molecule has 1 saturated heterocycles. The number of hydrogen-bond donors (Lipinski definition) is 4. The number of nitrogens with one attached hydrogen (secondary N) is 3. The maximum atomic E-state index is 13.0. The zero-order chi connectivity index (χ0) is 22.0. The summed E-state index contributed by atoms with van der Waals surface area (Å²) >= 11 is 0. The lowest BCUT2D eigenvalue weighted by Crippen LogP contribution is -2.33. The van der Waals surface area contributed by atoms with Crippen LogP contribution in [-0.4, -0.2) is 47.4 Å². The first-order chi connectivity index (χ1) is 15.0. The Morgan fingerprint density at radius 1 is 1.16 bits per heavy atom. The third-order valence-electron chi connectivity index (χ3n) is 5.61. The second-order valence-corrected chi connectivity index (χ2v) is 7.60. The predicted molar refractivity (Wildman–Crippen MR) is 117 cm³/mol. The second kappa shape index (κ2) is 8.61. The number of hydrogen-bond acceptors (Lipinski definition) is 4. The number of aromatic nitrogens is 1. The molecule has 1 unspecified atom stereocenters. The summed E-state index contributed by atoms with van der Waals surface area (Å²) in [5, 5.41) is 6.44. The molecule has 0 saturated carbocycles. The SMILES string of the molecule is CNC(=O)c1ccccc1CN1C(=O)NC(Cc2ccc3[nH]cc(CCN)c3c2)C1=O. The minimum atomic E-state index is -0.644. The van der Waals surface area contributed by atoms with Gasteiger partial charge in [-0.3, -0.25) is 14.5 Å². The molecule has 8 heteroatoms. The molecule has 1 aliphatic heterocycles. The molecule has 2 heterocycles. The van der Waals surface area contributed by atoms with E-state index in [0.717, 1.165) is 28.5 Å². The lowest BCUT2D eigenvalue weighted by atomic mass is 10.0. The molecule has 2 aromatic carbocycles. The Kier molecular flexibility index (Phi) is 5.73. The molecule has 0 radical (unpaired) electrons. The Bertz CT molecular complexity index is 1150. The highest BCUT2D eigenvalue weighted by molar-refractivity contribution is 6.04. The number of amides is 4. The van der Waals surface area contributed by atoms with Crippen LogP contribution < -0.4 is 16.4 Å². The van der Waals surface area contributed by atoms with E-state index in [2.05, 4.69) is 15.6 Å². The molecule has 5 N–H and O–H groups in total. The summed E-state index contributed by atoms with van der Waals surface area (Å²) in [5.74, 6) is -0.555. The fraction of sp³-hybridized carbons (Fsp3) is 0.261. The van der Waals surface area contributed by atoms with Crippen LogP contribution in [0.5, 0.6) is 0 Å². The molecular formula is C23H25N5O3. The molecule has 8 nitrogen and oxygen atoms in total. The Balaban J connectivity index is 1.52. The minimum Gasteiger partial charge on any atom is -0.361 e. The Morgan fingerprint density at radius 3 is 2.74 bits per heavy atom. The first kappa shape index (κ1) is 20.6. The van der Waals surface area contributed by atoms with Crippen molar-refractivity contribution in [1.82, 2.24) is 20.5 Å². The van der Waals surface area contributed by atoms with Gasteiger partial charge in [-0.25, -0.2) is 4.79 Å². The van der Waals surface area contributed by atoms with Crippen molar-refractivity contribution in [3.63, 3.8) is 0 Å². The number of H-pyrrole nitrogens is 1. The number of urea groups is 1. The number of imide groups is 1. The number of fused-ring (bicyclic) bond motifs is 1. The molecule has 1 aliphatic rings. The fourth-order valence-corrected chi connectivity index (χ4v) is 4.00. The summed E-state index contributed by atoms with van der Waals surface area (Å²) in [6.45, 7) is 0.600. The molecule has 1 aromatic heterocycles. The van der Waals surface area contributed by atoms with Crippen molar-refractivity contribution in [2.75, 3.05) is 13.6 Å². The molecule has 31 heavy (non-hydrogen) atoms. The first-order valence-corrected chi connectivity index (χ1v) is 10.2. The lowest BCUT2D eigenvalue weighted by molar-refractivity contribution is -0.127. The van der Waals surface area contributed by atoms with Crippen molar-refractivity contribution < 1.29 is 14.4 Å². The van der Waals surface area contributed by atoms with Crippen molar-refractivity contribution in [3.8, 4) is 0 Å². The van der Waals surface area contributed by atoms with Gasteiger partial charge < -0.3 is 21.4 Å². The van der Waals surface area contributed by atoms with Gasteiger partial charge in [0.1, 0.15) is 6.04 Å². The Hall–Kier alpha value is -3.65. The third kappa shape index (κ3) is 4.02. The number of nitrogens with two attached hydrogens (primary N) is 1. The first-order valence-electron chi connectivity index (χ1n) is 10.2. The van der Waals surface area contributed by atoms with E-state index in [0.29, 0.717) is 24.1 Å². The van der Waals surface area contributed by atoms with Crippen LogP contribution in [0.3, 0.4) is 0 Å². The van der Waals surface area contributed by atoms with Gasteiger partial charge in [0.05, 0.1) is 6.54 Å². The summed E-state index contributed by atoms with van der Waals surface area (Å²) in [7, 11) is 1.54. The Labute approximate surface area is 179 Å². The second-order valence-electron chi connectivity index (χ2n) is 7.60. The molecular weight excluding hydrogens is 394 g/mol. The van der Waals surface area contributed by atoms with Crippen LogP contribution >= 0.6 is 0 Å². The van der Waals surface area contributed by atoms with Crippen LogP contribution in [0.4, 0.5) is 4.79 Å². The van der Waals surface area contributed by atoms with E-state index in [9.17, 15) is 14.4 Å². The average Bonchev–Trinajstić information content (AvgIpc) is 3.29. The average molecular weight is 419 g/mol. The van der Waals surface area contributed by atoms with Crippen molar-refractivity contribution in [3.05, 3.63) is 70.9 Å². The highest BCUT2D eigenvalue weighted by Crippen LogP contribution is 2.23. The number of aromatic amines is 1. The van der Waals surface area contributed by atoms with E-state index in [4.69, 9.17) is 5.73 Å². The lowest BCUT2D eigenvalue weighted by Gasteiger charge is -2.15. The van der Waals surface area contributed by atoms with Crippen LogP contribution in [0.25, 0.3) is 10.9 Å². The van der Waals surface area contributed by atoms with E-state index in [1.54, 1.807) is 31.3 Å².